The number of esters is 1. The lowest BCUT2D eigenvalue weighted by atomic mass is 10.1. The van der Waals surface area contributed by atoms with E-state index in [1.165, 1.54) is 6.07 Å². The first kappa shape index (κ1) is 28.6. The van der Waals surface area contributed by atoms with Gasteiger partial charge in [0.15, 0.2) is 0 Å². The number of ether oxygens (including phenoxy) is 1. The van der Waals surface area contributed by atoms with Crippen molar-refractivity contribution in [1.29, 1.82) is 0 Å². The number of hydrogen-bond acceptors (Lipinski definition) is 6. The third kappa shape index (κ3) is 7.09. The van der Waals surface area contributed by atoms with Crippen molar-refractivity contribution in [3.8, 4) is 0 Å². The molecule has 0 bridgehead atoms. The van der Waals surface area contributed by atoms with Crippen molar-refractivity contribution < 1.29 is 41.1 Å². The number of anilines is 1. The number of amides is 2. The number of alkyl halides is 3. The fourth-order valence-electron chi connectivity index (χ4n) is 3.17. The molecular formula is C26H21F5N2O4S. The standard InChI is InChI=1S/C26H21F5N2O4S/c1-2-3-13-37-25(36)16-7-4-5-10-21(16)38-33-20-12-11-15(26(29,30)31)14-17(20)23(34)32-24(35)22-18(27)8-6-9-19(22)28/h4-12,14,33H,2-3,13H2,1H3,(H,32,34,35). The van der Waals surface area contributed by atoms with Gasteiger partial charge >= 0.3 is 12.1 Å². The Balaban J connectivity index is 1.88. The van der Waals surface area contributed by atoms with Crippen molar-refractivity contribution in [2.75, 3.05) is 11.3 Å². The molecule has 200 valence electrons. The normalized spacial score (nSPS) is 11.1. The van der Waals surface area contributed by atoms with Crippen LogP contribution in [0.25, 0.3) is 0 Å². The minimum atomic E-state index is -4.82. The van der Waals surface area contributed by atoms with Gasteiger partial charge in [0.1, 0.15) is 17.2 Å². The Morgan fingerprint density at radius 2 is 1.58 bits per heavy atom. The van der Waals surface area contributed by atoms with E-state index in [0.29, 0.717) is 23.4 Å². The number of rotatable bonds is 9. The number of hydrogen-bond donors (Lipinski definition) is 2. The van der Waals surface area contributed by atoms with Gasteiger partial charge in [0.25, 0.3) is 11.8 Å². The molecule has 0 aliphatic heterocycles. The van der Waals surface area contributed by atoms with E-state index in [1.54, 1.807) is 23.5 Å². The zero-order valence-corrected chi connectivity index (χ0v) is 20.6. The molecule has 2 N–H and O–H groups in total. The molecule has 0 unspecified atom stereocenters. The van der Waals surface area contributed by atoms with Crippen molar-refractivity contribution in [2.45, 2.75) is 30.8 Å². The van der Waals surface area contributed by atoms with Gasteiger partial charge in [-0.1, -0.05) is 31.5 Å². The van der Waals surface area contributed by atoms with Crippen LogP contribution in [-0.2, 0) is 10.9 Å². The fourth-order valence-corrected chi connectivity index (χ4v) is 3.97. The van der Waals surface area contributed by atoms with Crippen LogP contribution in [0.5, 0.6) is 0 Å². The van der Waals surface area contributed by atoms with E-state index >= 15 is 0 Å². The van der Waals surface area contributed by atoms with Crippen LogP contribution < -0.4 is 10.0 Å². The quantitative estimate of drug-likeness (QED) is 0.102. The summed E-state index contributed by atoms with van der Waals surface area (Å²) in [6.45, 7) is 2.14. The third-order valence-corrected chi connectivity index (χ3v) is 6.02. The summed E-state index contributed by atoms with van der Waals surface area (Å²) >= 11 is 0.816. The largest absolute Gasteiger partial charge is 0.462 e. The van der Waals surface area contributed by atoms with E-state index in [1.807, 2.05) is 6.92 Å². The molecule has 38 heavy (non-hydrogen) atoms. The van der Waals surface area contributed by atoms with E-state index in [4.69, 9.17) is 4.74 Å². The smallest absolute Gasteiger partial charge is 0.416 e. The van der Waals surface area contributed by atoms with E-state index in [2.05, 4.69) is 4.72 Å². The highest BCUT2D eigenvalue weighted by Crippen LogP contribution is 2.34. The van der Waals surface area contributed by atoms with Crippen molar-refractivity contribution in [3.63, 3.8) is 0 Å². The number of halogens is 5. The minimum Gasteiger partial charge on any atom is -0.462 e. The molecule has 3 aromatic carbocycles. The molecule has 0 aliphatic carbocycles. The molecule has 12 heteroatoms. The summed E-state index contributed by atoms with van der Waals surface area (Å²) in [6, 6.07) is 11.0. The van der Waals surface area contributed by atoms with Gasteiger partial charge in [0.2, 0.25) is 0 Å². The van der Waals surface area contributed by atoms with Crippen molar-refractivity contribution in [1.82, 2.24) is 5.32 Å². The van der Waals surface area contributed by atoms with Crippen molar-refractivity contribution in [3.05, 3.63) is 94.6 Å². The maximum atomic E-state index is 13.9. The first-order valence-corrected chi connectivity index (χ1v) is 12.0. The van der Waals surface area contributed by atoms with Crippen LogP contribution in [0.4, 0.5) is 27.6 Å². The van der Waals surface area contributed by atoms with E-state index in [-0.39, 0.29) is 17.9 Å². The van der Waals surface area contributed by atoms with Crippen LogP contribution in [0.2, 0.25) is 0 Å². The van der Waals surface area contributed by atoms with Gasteiger partial charge < -0.3 is 9.46 Å². The monoisotopic (exact) mass is 552 g/mol. The summed E-state index contributed by atoms with van der Waals surface area (Å²) in [5.41, 5.74) is -2.85. The van der Waals surface area contributed by atoms with Crippen molar-refractivity contribution >= 4 is 35.4 Å². The molecule has 0 saturated heterocycles. The topological polar surface area (TPSA) is 84.5 Å². The first-order valence-electron chi connectivity index (χ1n) is 11.2. The molecule has 0 atom stereocenters. The van der Waals surface area contributed by atoms with Crippen LogP contribution in [0.3, 0.4) is 0 Å². The number of benzene rings is 3. The van der Waals surface area contributed by atoms with E-state index < -0.39 is 52.3 Å². The van der Waals surface area contributed by atoms with Crippen LogP contribution >= 0.6 is 11.9 Å². The van der Waals surface area contributed by atoms with Crippen LogP contribution in [0, 0.1) is 11.6 Å². The van der Waals surface area contributed by atoms with Gasteiger partial charge in [-0.15, -0.1) is 0 Å². The van der Waals surface area contributed by atoms with E-state index in [9.17, 15) is 36.3 Å². The number of unbranched alkanes of at least 4 members (excludes halogenated alkanes) is 1. The van der Waals surface area contributed by atoms with Gasteiger partial charge in [-0.25, -0.2) is 13.6 Å². The SMILES string of the molecule is CCCCOC(=O)c1ccccc1SNc1ccc(C(F)(F)F)cc1C(=O)NC(=O)c1c(F)cccc1F. The van der Waals surface area contributed by atoms with Gasteiger partial charge in [-0.05, 0) is 60.8 Å². The summed E-state index contributed by atoms with van der Waals surface area (Å²) in [5, 5.41) is 1.72. The molecule has 0 spiro atoms. The number of nitrogens with one attached hydrogen (secondary N) is 2. The average molecular weight is 553 g/mol. The molecule has 0 saturated carbocycles. The molecule has 2 amide bonds. The summed E-state index contributed by atoms with van der Waals surface area (Å²) in [4.78, 5) is 38.0. The molecule has 0 heterocycles. The Labute approximate surface area is 218 Å². The average Bonchev–Trinajstić information content (AvgIpc) is 2.87. The Morgan fingerprint density at radius 1 is 0.895 bits per heavy atom. The number of carbonyl (C=O) groups excluding carboxylic acids is 3. The summed E-state index contributed by atoms with van der Waals surface area (Å²) in [5.74, 6) is -5.92. The Bertz CT molecular complexity index is 1330. The molecule has 0 radical (unpaired) electrons. The highest BCUT2D eigenvalue weighted by atomic mass is 32.2. The Morgan fingerprint density at radius 3 is 2.24 bits per heavy atom. The molecule has 3 rings (SSSR count). The molecule has 0 aromatic heterocycles. The van der Waals surface area contributed by atoms with E-state index in [0.717, 1.165) is 42.6 Å². The van der Waals surface area contributed by atoms with Gasteiger partial charge in [0, 0.05) is 4.90 Å². The lowest BCUT2D eigenvalue weighted by molar-refractivity contribution is -0.137. The second-order valence-corrected chi connectivity index (χ2v) is 8.68. The Hall–Kier alpha value is -3.93. The van der Waals surface area contributed by atoms with Crippen LogP contribution in [0.1, 0.15) is 56.4 Å². The molecule has 0 aliphatic rings. The molecular weight excluding hydrogens is 531 g/mol. The van der Waals surface area contributed by atoms with Gasteiger partial charge in [0.05, 0.1) is 29.0 Å². The van der Waals surface area contributed by atoms with Gasteiger partial charge in [-0.3, -0.25) is 14.9 Å². The van der Waals surface area contributed by atoms with Gasteiger partial charge in [-0.2, -0.15) is 13.2 Å². The Kier molecular flexibility index (Phi) is 9.45. The maximum absolute atomic E-state index is 13.9. The first-order chi connectivity index (χ1) is 18.0. The zero-order valence-electron chi connectivity index (χ0n) is 19.8. The predicted molar refractivity (Wildman–Crippen MR) is 131 cm³/mol. The second-order valence-electron chi connectivity index (χ2n) is 7.83. The number of carbonyl (C=O) groups is 3. The summed E-state index contributed by atoms with van der Waals surface area (Å²) in [7, 11) is 0. The predicted octanol–water partition coefficient (Wildman–Crippen LogP) is 6.63. The number of imide groups is 1. The van der Waals surface area contributed by atoms with Crippen LogP contribution in [0.15, 0.2) is 65.6 Å². The second kappa shape index (κ2) is 12.5. The summed E-state index contributed by atoms with van der Waals surface area (Å²) in [6.07, 6.45) is -3.34. The lowest BCUT2D eigenvalue weighted by Crippen LogP contribution is -2.32. The van der Waals surface area contributed by atoms with Crippen molar-refractivity contribution in [2.24, 2.45) is 0 Å². The molecule has 0 fully saturated rings. The molecule has 3 aromatic rings. The molecule has 6 nitrogen and oxygen atoms in total. The maximum Gasteiger partial charge on any atom is 0.416 e. The highest BCUT2D eigenvalue weighted by molar-refractivity contribution is 8.00. The fraction of sp³-hybridized carbons (Fsp3) is 0.192. The minimum absolute atomic E-state index is 0.156. The highest BCUT2D eigenvalue weighted by Gasteiger charge is 2.32. The lowest BCUT2D eigenvalue weighted by Gasteiger charge is -2.15. The van der Waals surface area contributed by atoms with Crippen LogP contribution in [-0.4, -0.2) is 24.4 Å². The third-order valence-electron chi connectivity index (χ3n) is 5.12. The zero-order chi connectivity index (χ0) is 27.9. The summed E-state index contributed by atoms with van der Waals surface area (Å²) < 4.78 is 75.8.